The fourth-order valence-corrected chi connectivity index (χ4v) is 3.51. The lowest BCUT2D eigenvalue weighted by Crippen LogP contribution is -2.41. The van der Waals surface area contributed by atoms with Gasteiger partial charge >= 0.3 is 6.03 Å². The number of urea groups is 1. The number of nitrogens with one attached hydrogen (secondary N) is 1. The first-order valence-corrected chi connectivity index (χ1v) is 9.86. The van der Waals surface area contributed by atoms with Crippen molar-refractivity contribution in [1.29, 1.82) is 0 Å². The number of rotatable bonds is 6. The van der Waals surface area contributed by atoms with E-state index in [1.807, 2.05) is 24.7 Å². The van der Waals surface area contributed by atoms with Crippen molar-refractivity contribution < 1.29 is 24.6 Å². The lowest BCUT2D eigenvalue weighted by Gasteiger charge is -2.42. The number of hydrogen-bond acceptors (Lipinski definition) is 5. The molecule has 0 aliphatic heterocycles. The summed E-state index contributed by atoms with van der Waals surface area (Å²) in [6, 6.07) is 3.05. The van der Waals surface area contributed by atoms with Crippen molar-refractivity contribution in [2.45, 2.75) is 45.3 Å². The van der Waals surface area contributed by atoms with Crippen LogP contribution in [-0.2, 0) is 0 Å². The Hall–Kier alpha value is -3.13. The number of methoxy groups -OCH3 is 1. The molecule has 0 bridgehead atoms. The van der Waals surface area contributed by atoms with E-state index in [-0.39, 0.29) is 12.0 Å². The van der Waals surface area contributed by atoms with Crippen molar-refractivity contribution in [2.75, 3.05) is 12.4 Å². The van der Waals surface area contributed by atoms with Gasteiger partial charge < -0.3 is 15.1 Å². The maximum absolute atomic E-state index is 12.4. The van der Waals surface area contributed by atoms with Crippen LogP contribution in [0.3, 0.4) is 0 Å². The van der Waals surface area contributed by atoms with Crippen LogP contribution in [0.5, 0.6) is 5.75 Å². The number of ether oxygens (including phenoxy) is 1. The number of nitrogens with zero attached hydrogens (tertiary/aromatic N) is 3. The molecule has 160 valence electrons. The molecule has 8 nitrogen and oxygen atoms in total. The highest BCUT2D eigenvalue weighted by atomic mass is 16.5. The van der Waals surface area contributed by atoms with Gasteiger partial charge in [-0.3, -0.25) is 4.68 Å². The van der Waals surface area contributed by atoms with Gasteiger partial charge in [0, 0.05) is 24.6 Å². The summed E-state index contributed by atoms with van der Waals surface area (Å²) in [6.45, 7) is 8.83. The number of hydroxylamine groups is 1. The summed E-state index contributed by atoms with van der Waals surface area (Å²) in [5, 5.41) is 28.4. The predicted molar refractivity (Wildman–Crippen MR) is 115 cm³/mol. The highest BCUT2D eigenvalue weighted by Crippen LogP contribution is 2.44. The molecular formula is C22H29N4O4+. The van der Waals surface area contributed by atoms with Crippen molar-refractivity contribution in [2.24, 2.45) is 5.92 Å². The topological polar surface area (TPSA) is 99.6 Å². The Bertz CT molecular complexity index is 1020. The van der Waals surface area contributed by atoms with Gasteiger partial charge in [-0.25, -0.2) is 0 Å². The Labute approximate surface area is 175 Å². The second-order valence-corrected chi connectivity index (χ2v) is 8.17. The van der Waals surface area contributed by atoms with E-state index >= 15 is 0 Å². The molecule has 3 rings (SSSR count). The molecule has 1 saturated carbocycles. The van der Waals surface area contributed by atoms with Crippen LogP contribution in [0, 0.1) is 5.92 Å². The average Bonchev–Trinajstić information content (AvgIpc) is 3.04. The molecular weight excluding hydrogens is 384 g/mol. The molecule has 1 aromatic carbocycles. The molecule has 3 N–H and O–H groups in total. The Kier molecular flexibility index (Phi) is 5.98. The number of hydrogen-bond donors (Lipinski definition) is 3. The molecule has 1 aliphatic rings. The minimum atomic E-state index is -0.710. The van der Waals surface area contributed by atoms with Gasteiger partial charge in [0.1, 0.15) is 0 Å². The number of benzene rings is 1. The molecule has 0 saturated heterocycles. The van der Waals surface area contributed by atoms with Gasteiger partial charge in [-0.1, -0.05) is 18.7 Å². The highest BCUT2D eigenvalue weighted by molar-refractivity contribution is 5.97. The van der Waals surface area contributed by atoms with Gasteiger partial charge in [0.15, 0.2) is 17.1 Å². The van der Waals surface area contributed by atoms with Crippen molar-refractivity contribution in [3.63, 3.8) is 0 Å². The predicted octanol–water partition coefficient (Wildman–Crippen LogP) is 3.90. The van der Waals surface area contributed by atoms with Crippen LogP contribution < -0.4 is 10.1 Å². The summed E-state index contributed by atoms with van der Waals surface area (Å²) < 4.78 is 7.84. The zero-order valence-electron chi connectivity index (χ0n) is 17.8. The summed E-state index contributed by atoms with van der Waals surface area (Å²) in [5.41, 5.74) is 0.827. The first-order chi connectivity index (χ1) is 14.1. The number of allylic oxidation sites excluding steroid dienone is 3. The molecule has 1 heterocycles. The normalized spacial score (nSPS) is 20.0. The summed E-state index contributed by atoms with van der Waals surface area (Å²) in [7, 11) is 1.51. The van der Waals surface area contributed by atoms with Crippen LogP contribution >= 0.6 is 0 Å². The molecule has 8 heteroatoms. The monoisotopic (exact) mass is 413 g/mol. The first kappa shape index (κ1) is 21.6. The number of amides is 2. The minimum absolute atomic E-state index is 0.236. The molecule has 1 fully saturated rings. The van der Waals surface area contributed by atoms with E-state index in [2.05, 4.69) is 17.0 Å². The van der Waals surface area contributed by atoms with E-state index in [4.69, 9.17) is 4.74 Å². The van der Waals surface area contributed by atoms with Crippen molar-refractivity contribution in [1.82, 2.24) is 9.78 Å². The molecule has 0 radical (unpaired) electrons. The van der Waals surface area contributed by atoms with Gasteiger partial charge in [-0.2, -0.15) is 15.2 Å². The summed E-state index contributed by atoms with van der Waals surface area (Å²) >= 11 is 0. The number of carbonyl (C=O) groups excluding carboxylic acids is 1. The van der Waals surface area contributed by atoms with Crippen LogP contribution in [0.2, 0.25) is 0 Å². The molecule has 2 amide bonds. The molecule has 0 spiro atoms. The van der Waals surface area contributed by atoms with Gasteiger partial charge in [0.2, 0.25) is 0 Å². The summed E-state index contributed by atoms with van der Waals surface area (Å²) in [6.07, 6.45) is 8.40. The maximum atomic E-state index is 12.4. The molecule has 0 atom stereocenters. The van der Waals surface area contributed by atoms with E-state index in [9.17, 15) is 15.1 Å². The van der Waals surface area contributed by atoms with E-state index in [0.29, 0.717) is 21.9 Å². The lowest BCUT2D eigenvalue weighted by molar-refractivity contribution is -0.696. The Morgan fingerprint density at radius 3 is 2.73 bits per heavy atom. The third-order valence-electron chi connectivity index (χ3n) is 5.57. The van der Waals surface area contributed by atoms with Gasteiger partial charge in [-0.15, -0.1) is 0 Å². The first-order valence-electron chi connectivity index (χ1n) is 9.86. The van der Waals surface area contributed by atoms with Gasteiger partial charge in [0.25, 0.3) is 0 Å². The molecule has 2 aromatic rings. The van der Waals surface area contributed by atoms with E-state index < -0.39 is 11.6 Å². The second kappa shape index (κ2) is 8.31. The standard InChI is InChI=1S/C22H28N4O4/c1-6-7-8-14(2)26(29)21(27)23-19-9-15-13-25(24-18(15)12-20(19)30-5)17-10-16(11-17)22(3,4)28/h6-9,12-13,16-17,28H,1,10-11H2,2-5H3,(H-,23,27,29)/p+1/b8-7-,26-14+/t16-,17+. The molecule has 1 aliphatic carbocycles. The van der Waals surface area contributed by atoms with Crippen LogP contribution in [0.15, 0.2) is 43.1 Å². The average molecular weight is 413 g/mol. The van der Waals surface area contributed by atoms with Crippen LogP contribution in [0.25, 0.3) is 10.9 Å². The summed E-state index contributed by atoms with van der Waals surface area (Å²) in [5.74, 6) is 0.695. The number of aliphatic hydroxyl groups is 1. The van der Waals surface area contributed by atoms with E-state index in [0.717, 1.165) is 23.7 Å². The smallest absolute Gasteiger partial charge is 0.492 e. The SMILES string of the molecule is C=C/C=C\C(C)=[N+](\O)C(=O)Nc1cc2cn([C@H]3C[C@@H](C(C)(C)O)C3)nc2cc1OC. The number of anilines is 1. The zero-order valence-corrected chi connectivity index (χ0v) is 17.8. The summed E-state index contributed by atoms with van der Waals surface area (Å²) in [4.78, 5) is 12.4. The lowest BCUT2D eigenvalue weighted by atomic mass is 9.71. The zero-order chi connectivity index (χ0) is 22.1. The Balaban J connectivity index is 1.83. The molecule has 0 unspecified atom stereocenters. The number of carbonyl (C=O) groups is 1. The van der Waals surface area contributed by atoms with Crippen molar-refractivity contribution >= 4 is 28.3 Å². The number of fused-ring (bicyclic) bond motifs is 1. The van der Waals surface area contributed by atoms with Gasteiger partial charge in [0.05, 0.1) is 24.3 Å². The van der Waals surface area contributed by atoms with Crippen LogP contribution in [0.1, 0.15) is 39.7 Å². The quantitative estimate of drug-likeness (QED) is 0.167. The highest BCUT2D eigenvalue weighted by Gasteiger charge is 2.40. The third kappa shape index (κ3) is 4.38. The third-order valence-corrected chi connectivity index (χ3v) is 5.57. The van der Waals surface area contributed by atoms with E-state index in [1.54, 1.807) is 37.3 Å². The largest absolute Gasteiger partial charge is 0.535 e. The fraction of sp³-hybridized carbons (Fsp3) is 0.409. The van der Waals surface area contributed by atoms with Crippen LogP contribution in [-0.4, -0.2) is 49.3 Å². The van der Waals surface area contributed by atoms with Crippen LogP contribution in [0.4, 0.5) is 10.5 Å². The Morgan fingerprint density at radius 2 is 2.13 bits per heavy atom. The van der Waals surface area contributed by atoms with Crippen molar-refractivity contribution in [3.8, 4) is 5.75 Å². The molecule has 30 heavy (non-hydrogen) atoms. The second-order valence-electron chi connectivity index (χ2n) is 8.17. The molecule has 1 aromatic heterocycles. The maximum Gasteiger partial charge on any atom is 0.535 e. The number of aromatic nitrogens is 2. The van der Waals surface area contributed by atoms with E-state index in [1.165, 1.54) is 7.11 Å². The Morgan fingerprint density at radius 1 is 1.43 bits per heavy atom. The minimum Gasteiger partial charge on any atom is -0.492 e. The van der Waals surface area contributed by atoms with Gasteiger partial charge in [-0.05, 0) is 49.5 Å². The van der Waals surface area contributed by atoms with Crippen molar-refractivity contribution in [3.05, 3.63) is 43.1 Å². The fourth-order valence-electron chi connectivity index (χ4n) is 3.51.